The summed E-state index contributed by atoms with van der Waals surface area (Å²) >= 11 is 3.40. The summed E-state index contributed by atoms with van der Waals surface area (Å²) < 4.78 is 6.77. The Morgan fingerprint density at radius 2 is 1.85 bits per heavy atom. The second-order valence-electron chi connectivity index (χ2n) is 4.97. The molecule has 0 atom stereocenters. The monoisotopic (exact) mass is 335 g/mol. The van der Waals surface area contributed by atoms with Gasteiger partial charge in [-0.05, 0) is 35.2 Å². The molecule has 106 valence electrons. The standard InChI is InChI=1S/C16H18BrNO2/c1-11(2)15-7-13(9-19)8-16(18-15)20-10-12-3-5-14(17)6-4-12/h3-8,11,19H,9-10H2,1-2H3. The summed E-state index contributed by atoms with van der Waals surface area (Å²) in [7, 11) is 0. The minimum atomic E-state index is -0.00309. The Kier molecular flexibility index (Phi) is 5.15. The third-order valence-electron chi connectivity index (χ3n) is 2.96. The van der Waals surface area contributed by atoms with Gasteiger partial charge in [-0.25, -0.2) is 4.98 Å². The van der Waals surface area contributed by atoms with Gasteiger partial charge in [0.2, 0.25) is 5.88 Å². The predicted octanol–water partition coefficient (Wildman–Crippen LogP) is 4.04. The molecule has 0 radical (unpaired) electrons. The summed E-state index contributed by atoms with van der Waals surface area (Å²) in [5.41, 5.74) is 2.84. The van der Waals surface area contributed by atoms with Crippen molar-refractivity contribution in [3.63, 3.8) is 0 Å². The smallest absolute Gasteiger partial charge is 0.214 e. The second-order valence-corrected chi connectivity index (χ2v) is 5.88. The number of aromatic nitrogens is 1. The van der Waals surface area contributed by atoms with Crippen LogP contribution >= 0.6 is 15.9 Å². The number of nitrogens with zero attached hydrogens (tertiary/aromatic N) is 1. The van der Waals surface area contributed by atoms with E-state index in [-0.39, 0.29) is 6.61 Å². The molecule has 0 aliphatic rings. The third-order valence-corrected chi connectivity index (χ3v) is 3.48. The molecule has 4 heteroatoms. The van der Waals surface area contributed by atoms with E-state index in [9.17, 15) is 5.11 Å². The van der Waals surface area contributed by atoms with Crippen LogP contribution in [0.2, 0.25) is 0 Å². The van der Waals surface area contributed by atoms with Crippen LogP contribution in [-0.2, 0) is 13.2 Å². The Morgan fingerprint density at radius 1 is 1.15 bits per heavy atom. The van der Waals surface area contributed by atoms with Gasteiger partial charge < -0.3 is 9.84 Å². The lowest BCUT2D eigenvalue weighted by Gasteiger charge is -2.11. The van der Waals surface area contributed by atoms with Crippen molar-refractivity contribution in [1.29, 1.82) is 0 Å². The number of benzene rings is 1. The first kappa shape index (κ1) is 15.0. The molecule has 1 heterocycles. The summed E-state index contributed by atoms with van der Waals surface area (Å²) in [5.74, 6) is 0.861. The van der Waals surface area contributed by atoms with E-state index in [1.54, 1.807) is 6.07 Å². The molecule has 1 N–H and O–H groups in total. The molecule has 3 nitrogen and oxygen atoms in total. The minimum Gasteiger partial charge on any atom is -0.473 e. The number of halogens is 1. The van der Waals surface area contributed by atoms with Crippen molar-refractivity contribution in [2.24, 2.45) is 0 Å². The molecule has 0 unspecified atom stereocenters. The molecular formula is C16H18BrNO2. The molecule has 2 rings (SSSR count). The minimum absolute atomic E-state index is 0.00309. The van der Waals surface area contributed by atoms with Crippen LogP contribution in [0.25, 0.3) is 0 Å². The highest BCUT2D eigenvalue weighted by Crippen LogP contribution is 2.20. The summed E-state index contributed by atoms with van der Waals surface area (Å²) in [5, 5.41) is 9.30. The zero-order chi connectivity index (χ0) is 14.5. The van der Waals surface area contributed by atoms with Gasteiger partial charge in [-0.2, -0.15) is 0 Å². The number of aliphatic hydroxyl groups excluding tert-OH is 1. The molecule has 1 aromatic carbocycles. The summed E-state index contributed by atoms with van der Waals surface area (Å²) in [4.78, 5) is 4.47. The van der Waals surface area contributed by atoms with Crippen LogP contribution in [-0.4, -0.2) is 10.1 Å². The van der Waals surface area contributed by atoms with E-state index in [1.165, 1.54) is 0 Å². The van der Waals surface area contributed by atoms with Crippen LogP contribution in [0.1, 0.15) is 36.6 Å². The van der Waals surface area contributed by atoms with Crippen molar-refractivity contribution in [2.75, 3.05) is 0 Å². The fourth-order valence-electron chi connectivity index (χ4n) is 1.78. The lowest BCUT2D eigenvalue weighted by atomic mass is 10.1. The molecule has 2 aromatic rings. The zero-order valence-corrected chi connectivity index (χ0v) is 13.2. The van der Waals surface area contributed by atoms with Gasteiger partial charge in [-0.1, -0.05) is 41.9 Å². The molecule has 20 heavy (non-hydrogen) atoms. The van der Waals surface area contributed by atoms with Gasteiger partial charge in [0.1, 0.15) is 6.61 Å². The Morgan fingerprint density at radius 3 is 2.45 bits per heavy atom. The van der Waals surface area contributed by atoms with Gasteiger partial charge in [0.05, 0.1) is 6.61 Å². The predicted molar refractivity (Wildman–Crippen MR) is 82.7 cm³/mol. The average Bonchev–Trinajstić information content (AvgIpc) is 2.46. The zero-order valence-electron chi connectivity index (χ0n) is 11.6. The lowest BCUT2D eigenvalue weighted by Crippen LogP contribution is -2.02. The first-order valence-electron chi connectivity index (χ1n) is 6.57. The molecule has 0 spiro atoms. The van der Waals surface area contributed by atoms with Gasteiger partial charge in [-0.3, -0.25) is 0 Å². The Hall–Kier alpha value is -1.39. The molecule has 0 bridgehead atoms. The number of pyridine rings is 1. The fourth-order valence-corrected chi connectivity index (χ4v) is 2.05. The van der Waals surface area contributed by atoms with E-state index in [2.05, 4.69) is 34.8 Å². The summed E-state index contributed by atoms with van der Waals surface area (Å²) in [6.07, 6.45) is 0. The van der Waals surface area contributed by atoms with Crippen LogP contribution in [0.15, 0.2) is 40.9 Å². The topological polar surface area (TPSA) is 42.4 Å². The van der Waals surface area contributed by atoms with Gasteiger partial charge in [0, 0.05) is 16.2 Å². The van der Waals surface area contributed by atoms with Crippen molar-refractivity contribution in [1.82, 2.24) is 4.98 Å². The largest absolute Gasteiger partial charge is 0.473 e. The van der Waals surface area contributed by atoms with Crippen molar-refractivity contribution < 1.29 is 9.84 Å². The average molecular weight is 336 g/mol. The molecule has 0 aliphatic carbocycles. The molecule has 0 saturated carbocycles. The van der Waals surface area contributed by atoms with Crippen molar-refractivity contribution >= 4 is 15.9 Å². The maximum absolute atomic E-state index is 9.30. The van der Waals surface area contributed by atoms with Crippen LogP contribution in [0.3, 0.4) is 0 Å². The molecule has 0 aliphatic heterocycles. The van der Waals surface area contributed by atoms with Crippen molar-refractivity contribution in [3.8, 4) is 5.88 Å². The maximum atomic E-state index is 9.30. The van der Waals surface area contributed by atoms with E-state index in [0.29, 0.717) is 18.4 Å². The van der Waals surface area contributed by atoms with Gasteiger partial charge in [0.25, 0.3) is 0 Å². The van der Waals surface area contributed by atoms with E-state index < -0.39 is 0 Å². The number of aliphatic hydroxyl groups is 1. The van der Waals surface area contributed by atoms with E-state index in [4.69, 9.17) is 4.74 Å². The number of hydrogen-bond acceptors (Lipinski definition) is 3. The molecule has 0 fully saturated rings. The fraction of sp³-hybridized carbons (Fsp3) is 0.312. The second kappa shape index (κ2) is 6.86. The van der Waals surface area contributed by atoms with E-state index >= 15 is 0 Å². The quantitative estimate of drug-likeness (QED) is 0.896. The normalized spacial score (nSPS) is 10.8. The van der Waals surface area contributed by atoms with Crippen molar-refractivity contribution in [3.05, 3.63) is 57.7 Å². The Balaban J connectivity index is 2.12. The van der Waals surface area contributed by atoms with Gasteiger partial charge >= 0.3 is 0 Å². The molecule has 0 amide bonds. The Labute approximate surface area is 127 Å². The Bertz CT molecular complexity index is 567. The molecular weight excluding hydrogens is 318 g/mol. The highest BCUT2D eigenvalue weighted by molar-refractivity contribution is 9.10. The highest BCUT2D eigenvalue weighted by atomic mass is 79.9. The van der Waals surface area contributed by atoms with Crippen LogP contribution in [0, 0.1) is 0 Å². The SMILES string of the molecule is CC(C)c1cc(CO)cc(OCc2ccc(Br)cc2)n1. The van der Waals surface area contributed by atoms with Gasteiger partial charge in [0.15, 0.2) is 0 Å². The first-order valence-corrected chi connectivity index (χ1v) is 7.36. The van der Waals surface area contributed by atoms with Crippen LogP contribution in [0.4, 0.5) is 0 Å². The van der Waals surface area contributed by atoms with Crippen molar-refractivity contribution in [2.45, 2.75) is 33.0 Å². The van der Waals surface area contributed by atoms with Crippen LogP contribution < -0.4 is 4.74 Å². The summed E-state index contributed by atoms with van der Waals surface area (Å²) in [6.45, 7) is 4.60. The van der Waals surface area contributed by atoms with Gasteiger partial charge in [-0.15, -0.1) is 0 Å². The van der Waals surface area contributed by atoms with E-state index in [0.717, 1.165) is 21.3 Å². The lowest BCUT2D eigenvalue weighted by molar-refractivity contribution is 0.274. The number of hydrogen-bond donors (Lipinski definition) is 1. The highest BCUT2D eigenvalue weighted by Gasteiger charge is 2.07. The maximum Gasteiger partial charge on any atom is 0.214 e. The number of ether oxygens (including phenoxy) is 1. The molecule has 1 aromatic heterocycles. The summed E-state index contributed by atoms with van der Waals surface area (Å²) in [6, 6.07) is 11.7. The van der Waals surface area contributed by atoms with E-state index in [1.807, 2.05) is 30.3 Å². The molecule has 0 saturated heterocycles. The number of rotatable bonds is 5. The first-order chi connectivity index (χ1) is 9.58. The third kappa shape index (κ3) is 4.05. The van der Waals surface area contributed by atoms with Crippen LogP contribution in [0.5, 0.6) is 5.88 Å².